The summed E-state index contributed by atoms with van der Waals surface area (Å²) in [6.07, 6.45) is 1.73. The van der Waals surface area contributed by atoms with E-state index in [0.29, 0.717) is 40.1 Å². The summed E-state index contributed by atoms with van der Waals surface area (Å²) in [5.41, 5.74) is 4.95. The van der Waals surface area contributed by atoms with E-state index in [1.807, 2.05) is 49.4 Å². The van der Waals surface area contributed by atoms with Crippen molar-refractivity contribution in [1.29, 1.82) is 5.26 Å². The predicted molar refractivity (Wildman–Crippen MR) is 141 cm³/mol. The van der Waals surface area contributed by atoms with Crippen LogP contribution >= 0.6 is 11.6 Å². The second-order valence-corrected chi connectivity index (χ2v) is 8.64. The highest BCUT2D eigenvalue weighted by molar-refractivity contribution is 6.32. The van der Waals surface area contributed by atoms with Gasteiger partial charge in [0.25, 0.3) is 0 Å². The number of fused-ring (bicyclic) bond motifs is 2. The lowest BCUT2D eigenvalue weighted by Gasteiger charge is -2.14. The number of H-pyrrole nitrogens is 1. The van der Waals surface area contributed by atoms with Gasteiger partial charge < -0.3 is 14.5 Å². The van der Waals surface area contributed by atoms with Crippen LogP contribution in [0.15, 0.2) is 72.8 Å². The molecule has 172 valence electrons. The normalized spacial score (nSPS) is 11.5. The molecule has 0 saturated heterocycles. The Bertz CT molecular complexity index is 1620. The molecule has 0 saturated carbocycles. The van der Waals surface area contributed by atoms with Gasteiger partial charge >= 0.3 is 0 Å². The smallest absolute Gasteiger partial charge is 0.180 e. The van der Waals surface area contributed by atoms with Gasteiger partial charge in [-0.3, -0.25) is 0 Å². The molecule has 0 aliphatic rings. The summed E-state index contributed by atoms with van der Waals surface area (Å²) in [5, 5.41) is 12.5. The first-order valence-corrected chi connectivity index (χ1v) is 11.5. The number of nitrogens with one attached hydrogen (secondary N) is 1. The van der Waals surface area contributed by atoms with Crippen LogP contribution in [-0.4, -0.2) is 17.1 Å². The molecular weight excluding hydrogens is 458 g/mol. The molecule has 0 aliphatic heterocycles. The van der Waals surface area contributed by atoms with Gasteiger partial charge in [-0.05, 0) is 64.7 Å². The Balaban J connectivity index is 1.45. The number of hydrogen-bond donors (Lipinski definition) is 1. The van der Waals surface area contributed by atoms with E-state index in [1.54, 1.807) is 25.3 Å². The fourth-order valence-corrected chi connectivity index (χ4v) is 4.38. The van der Waals surface area contributed by atoms with Crippen molar-refractivity contribution in [3.63, 3.8) is 0 Å². The van der Waals surface area contributed by atoms with Crippen molar-refractivity contribution < 1.29 is 9.47 Å². The molecule has 6 heteroatoms. The molecule has 0 aliphatic carbocycles. The quantitative estimate of drug-likeness (QED) is 0.259. The Morgan fingerprint density at radius 3 is 2.74 bits per heavy atom. The number of halogens is 1. The third-order valence-corrected chi connectivity index (χ3v) is 6.11. The van der Waals surface area contributed by atoms with Crippen molar-refractivity contribution in [2.45, 2.75) is 13.5 Å². The van der Waals surface area contributed by atoms with Gasteiger partial charge in [-0.15, -0.1) is 0 Å². The predicted octanol–water partition coefficient (Wildman–Crippen LogP) is 7.33. The van der Waals surface area contributed by atoms with E-state index >= 15 is 0 Å². The van der Waals surface area contributed by atoms with E-state index in [2.05, 4.69) is 34.2 Å². The Kier molecular flexibility index (Phi) is 6.13. The van der Waals surface area contributed by atoms with E-state index in [9.17, 15) is 5.26 Å². The molecule has 5 rings (SSSR count). The Hall–Kier alpha value is -4.27. The van der Waals surface area contributed by atoms with E-state index in [0.717, 1.165) is 32.9 Å². The standard InChI is InChI=1S/C29H22ClN3O2/c1-18-10-11-25-26(12-18)33-29(32-25)22(16-31)13-19-14-24(30)28(27(15-19)34-2)35-17-21-8-5-7-20-6-3-4-9-23(20)21/h3-15H,17H2,1-2H3,(H,32,33). The van der Waals surface area contributed by atoms with Gasteiger partial charge in [0.15, 0.2) is 11.5 Å². The monoisotopic (exact) mass is 479 g/mol. The van der Waals surface area contributed by atoms with Crippen molar-refractivity contribution in [2.24, 2.45) is 0 Å². The minimum absolute atomic E-state index is 0.342. The van der Waals surface area contributed by atoms with Crippen molar-refractivity contribution in [3.8, 4) is 17.6 Å². The molecule has 5 aromatic rings. The number of aromatic amines is 1. The van der Waals surface area contributed by atoms with Gasteiger partial charge in [-0.25, -0.2) is 4.98 Å². The van der Waals surface area contributed by atoms with Crippen molar-refractivity contribution in [2.75, 3.05) is 7.11 Å². The molecule has 4 aromatic carbocycles. The number of allylic oxidation sites excluding steroid dienone is 1. The lowest BCUT2D eigenvalue weighted by atomic mass is 10.1. The number of nitriles is 1. The molecule has 0 unspecified atom stereocenters. The van der Waals surface area contributed by atoms with E-state index in [-0.39, 0.29) is 0 Å². The maximum absolute atomic E-state index is 9.80. The highest BCUT2D eigenvalue weighted by Gasteiger charge is 2.14. The summed E-state index contributed by atoms with van der Waals surface area (Å²) in [6.45, 7) is 2.35. The van der Waals surface area contributed by atoms with Crippen LogP contribution in [0.3, 0.4) is 0 Å². The molecule has 0 fully saturated rings. The van der Waals surface area contributed by atoms with Gasteiger partial charge in [0.05, 0.1) is 28.7 Å². The minimum Gasteiger partial charge on any atom is -0.493 e. The second-order valence-electron chi connectivity index (χ2n) is 8.24. The van der Waals surface area contributed by atoms with E-state index in [1.165, 1.54) is 0 Å². The Morgan fingerprint density at radius 1 is 1.09 bits per heavy atom. The van der Waals surface area contributed by atoms with Gasteiger partial charge in [-0.2, -0.15) is 5.26 Å². The zero-order valence-corrected chi connectivity index (χ0v) is 20.1. The number of methoxy groups -OCH3 is 1. The van der Waals surface area contributed by atoms with Gasteiger partial charge in [0.1, 0.15) is 18.5 Å². The van der Waals surface area contributed by atoms with Crippen LogP contribution in [0.25, 0.3) is 33.5 Å². The molecule has 0 bridgehead atoms. The zero-order valence-electron chi connectivity index (χ0n) is 19.3. The molecule has 35 heavy (non-hydrogen) atoms. The van der Waals surface area contributed by atoms with Crippen molar-refractivity contribution in [1.82, 2.24) is 9.97 Å². The highest BCUT2D eigenvalue weighted by Crippen LogP contribution is 2.38. The average molecular weight is 480 g/mol. The molecule has 1 heterocycles. The first-order valence-electron chi connectivity index (χ1n) is 11.1. The first-order chi connectivity index (χ1) is 17.1. The summed E-state index contributed by atoms with van der Waals surface area (Å²) in [4.78, 5) is 7.78. The van der Waals surface area contributed by atoms with E-state index in [4.69, 9.17) is 21.1 Å². The van der Waals surface area contributed by atoms with Crippen molar-refractivity contribution >= 4 is 45.1 Å². The summed E-state index contributed by atoms with van der Waals surface area (Å²) < 4.78 is 11.7. The molecule has 0 atom stereocenters. The van der Waals surface area contributed by atoms with E-state index < -0.39 is 0 Å². The van der Waals surface area contributed by atoms with Gasteiger partial charge in [0, 0.05) is 0 Å². The van der Waals surface area contributed by atoms with Gasteiger partial charge in [-0.1, -0.05) is 60.1 Å². The number of rotatable bonds is 6. The van der Waals surface area contributed by atoms with Crippen LogP contribution in [-0.2, 0) is 6.61 Å². The number of aryl methyl sites for hydroxylation is 1. The zero-order chi connectivity index (χ0) is 24.4. The number of imidazole rings is 1. The number of ether oxygens (including phenoxy) is 2. The third kappa shape index (κ3) is 4.57. The SMILES string of the molecule is COc1cc(C=C(C#N)c2nc3ccc(C)cc3[nH]2)cc(Cl)c1OCc1cccc2ccccc12. The highest BCUT2D eigenvalue weighted by atomic mass is 35.5. The summed E-state index contributed by atoms with van der Waals surface area (Å²) in [7, 11) is 1.57. The number of nitrogens with zero attached hydrogens (tertiary/aromatic N) is 2. The van der Waals surface area contributed by atoms with Crippen LogP contribution in [0.2, 0.25) is 5.02 Å². The van der Waals surface area contributed by atoms with Gasteiger partial charge in [0.2, 0.25) is 0 Å². The largest absolute Gasteiger partial charge is 0.493 e. The number of aromatic nitrogens is 2. The first kappa shape index (κ1) is 22.5. The molecule has 1 N–H and O–H groups in total. The Labute approximate surface area is 208 Å². The third-order valence-electron chi connectivity index (χ3n) is 5.83. The van der Waals surface area contributed by atoms with Crippen LogP contribution in [0, 0.1) is 18.3 Å². The number of hydrogen-bond acceptors (Lipinski definition) is 4. The molecule has 1 aromatic heterocycles. The maximum atomic E-state index is 9.80. The molecule has 0 radical (unpaired) electrons. The van der Waals surface area contributed by atoms with Crippen molar-refractivity contribution in [3.05, 3.63) is 100 Å². The topological polar surface area (TPSA) is 70.9 Å². The fourth-order valence-electron chi connectivity index (χ4n) is 4.10. The van der Waals surface area contributed by atoms with Crippen LogP contribution < -0.4 is 9.47 Å². The molecular formula is C29H22ClN3O2. The molecule has 0 spiro atoms. The maximum Gasteiger partial charge on any atom is 0.180 e. The lowest BCUT2D eigenvalue weighted by molar-refractivity contribution is 0.286. The second kappa shape index (κ2) is 9.54. The molecule has 0 amide bonds. The lowest BCUT2D eigenvalue weighted by Crippen LogP contribution is -2.00. The van der Waals surface area contributed by atoms with Crippen LogP contribution in [0.5, 0.6) is 11.5 Å². The summed E-state index contributed by atoms with van der Waals surface area (Å²) >= 11 is 6.61. The number of benzene rings is 4. The fraction of sp³-hybridized carbons (Fsp3) is 0.103. The average Bonchev–Trinajstić information content (AvgIpc) is 3.29. The Morgan fingerprint density at radius 2 is 1.91 bits per heavy atom. The summed E-state index contributed by atoms with van der Waals surface area (Å²) in [5.74, 6) is 1.44. The minimum atomic E-state index is 0.342. The van der Waals surface area contributed by atoms with Crippen LogP contribution in [0.4, 0.5) is 0 Å². The van der Waals surface area contributed by atoms with Crippen LogP contribution in [0.1, 0.15) is 22.5 Å². The summed E-state index contributed by atoms with van der Waals surface area (Å²) in [6, 6.07) is 26.0. The molecule has 5 nitrogen and oxygen atoms in total.